The van der Waals surface area contributed by atoms with Crippen molar-refractivity contribution in [3.05, 3.63) is 26.6 Å². The van der Waals surface area contributed by atoms with Crippen LogP contribution in [0.3, 0.4) is 0 Å². The molecule has 3 rings (SSSR count). The standard InChI is InChI=1S/C13H17N3O2S/c1-7-8(2)19-13-11(7)12(17)15-10(16-13)6-18-9-3-4-14-5-9/h9,14H,3-6H2,1-2H3,(H,15,16,17). The van der Waals surface area contributed by atoms with Crippen LogP contribution in [-0.2, 0) is 11.3 Å². The van der Waals surface area contributed by atoms with Crippen LogP contribution in [0.2, 0.25) is 0 Å². The molecular weight excluding hydrogens is 262 g/mol. The van der Waals surface area contributed by atoms with Gasteiger partial charge in [0.05, 0.1) is 11.5 Å². The summed E-state index contributed by atoms with van der Waals surface area (Å²) in [6.45, 7) is 6.22. The summed E-state index contributed by atoms with van der Waals surface area (Å²) in [5.41, 5.74) is 0.969. The van der Waals surface area contributed by atoms with E-state index in [0.717, 1.165) is 34.8 Å². The Bertz CT molecular complexity index is 656. The third kappa shape index (κ3) is 2.43. The first kappa shape index (κ1) is 12.8. The molecule has 1 atom stereocenters. The van der Waals surface area contributed by atoms with Gasteiger partial charge in [-0.05, 0) is 32.4 Å². The van der Waals surface area contributed by atoms with Crippen LogP contribution in [0.1, 0.15) is 22.7 Å². The normalized spacial score (nSPS) is 19.4. The van der Waals surface area contributed by atoms with Gasteiger partial charge in [-0.1, -0.05) is 0 Å². The maximum atomic E-state index is 12.1. The van der Waals surface area contributed by atoms with Crippen LogP contribution >= 0.6 is 11.3 Å². The number of aryl methyl sites for hydroxylation is 2. The second-order valence-electron chi connectivity index (χ2n) is 4.90. The van der Waals surface area contributed by atoms with E-state index in [2.05, 4.69) is 15.3 Å². The van der Waals surface area contributed by atoms with E-state index in [1.54, 1.807) is 11.3 Å². The SMILES string of the molecule is Cc1sc2nc(COC3CCNC3)[nH]c(=O)c2c1C. The van der Waals surface area contributed by atoms with Crippen molar-refractivity contribution in [3.8, 4) is 0 Å². The van der Waals surface area contributed by atoms with Gasteiger partial charge < -0.3 is 15.0 Å². The second-order valence-corrected chi connectivity index (χ2v) is 6.11. The summed E-state index contributed by atoms with van der Waals surface area (Å²) in [5.74, 6) is 0.616. The fraction of sp³-hybridized carbons (Fsp3) is 0.538. The Balaban J connectivity index is 1.86. The molecule has 102 valence electrons. The summed E-state index contributed by atoms with van der Waals surface area (Å²) in [4.78, 5) is 21.3. The summed E-state index contributed by atoms with van der Waals surface area (Å²) in [6, 6.07) is 0. The molecule has 0 aromatic carbocycles. The van der Waals surface area contributed by atoms with Crippen LogP contribution < -0.4 is 10.9 Å². The lowest BCUT2D eigenvalue weighted by Crippen LogP contribution is -2.19. The maximum absolute atomic E-state index is 12.1. The molecule has 0 radical (unpaired) electrons. The Labute approximate surface area is 115 Å². The number of H-pyrrole nitrogens is 1. The van der Waals surface area contributed by atoms with Crippen molar-refractivity contribution < 1.29 is 4.74 Å². The van der Waals surface area contributed by atoms with Crippen molar-refractivity contribution in [1.29, 1.82) is 0 Å². The third-order valence-electron chi connectivity index (χ3n) is 3.56. The molecule has 1 aliphatic heterocycles. The third-order valence-corrected chi connectivity index (χ3v) is 4.66. The van der Waals surface area contributed by atoms with Crippen LogP contribution in [0.4, 0.5) is 0 Å². The summed E-state index contributed by atoms with van der Waals surface area (Å²) < 4.78 is 5.74. The van der Waals surface area contributed by atoms with Gasteiger partial charge in [0.2, 0.25) is 0 Å². The highest BCUT2D eigenvalue weighted by Gasteiger charge is 2.16. The van der Waals surface area contributed by atoms with E-state index in [9.17, 15) is 4.79 Å². The lowest BCUT2D eigenvalue weighted by molar-refractivity contribution is 0.0501. The van der Waals surface area contributed by atoms with E-state index in [1.165, 1.54) is 0 Å². The number of nitrogens with zero attached hydrogens (tertiary/aromatic N) is 1. The van der Waals surface area contributed by atoms with Gasteiger partial charge in [-0.15, -0.1) is 11.3 Å². The molecule has 1 saturated heterocycles. The van der Waals surface area contributed by atoms with Crippen LogP contribution in [0.5, 0.6) is 0 Å². The second kappa shape index (κ2) is 5.03. The summed E-state index contributed by atoms with van der Waals surface area (Å²) >= 11 is 1.57. The molecule has 1 aliphatic rings. The minimum Gasteiger partial charge on any atom is -0.369 e. The molecule has 19 heavy (non-hydrogen) atoms. The van der Waals surface area contributed by atoms with Crippen molar-refractivity contribution >= 4 is 21.6 Å². The lowest BCUT2D eigenvalue weighted by Gasteiger charge is -2.09. The minimum atomic E-state index is -0.0602. The van der Waals surface area contributed by atoms with Gasteiger partial charge in [-0.2, -0.15) is 0 Å². The van der Waals surface area contributed by atoms with Crippen molar-refractivity contribution in [3.63, 3.8) is 0 Å². The largest absolute Gasteiger partial charge is 0.369 e. The molecule has 1 unspecified atom stereocenters. The predicted octanol–water partition coefficient (Wildman–Crippen LogP) is 1.48. The monoisotopic (exact) mass is 279 g/mol. The molecule has 2 aromatic heterocycles. The number of aromatic amines is 1. The number of hydrogen-bond acceptors (Lipinski definition) is 5. The first-order valence-corrected chi connectivity index (χ1v) is 7.28. The smallest absolute Gasteiger partial charge is 0.259 e. The lowest BCUT2D eigenvalue weighted by atomic mass is 10.2. The van der Waals surface area contributed by atoms with Gasteiger partial charge in [-0.25, -0.2) is 4.98 Å². The maximum Gasteiger partial charge on any atom is 0.259 e. The predicted molar refractivity (Wildman–Crippen MR) is 75.8 cm³/mol. The first-order valence-electron chi connectivity index (χ1n) is 6.46. The summed E-state index contributed by atoms with van der Waals surface area (Å²) in [6.07, 6.45) is 1.25. The molecule has 5 nitrogen and oxygen atoms in total. The summed E-state index contributed by atoms with van der Waals surface area (Å²) in [7, 11) is 0. The Morgan fingerprint density at radius 3 is 3.05 bits per heavy atom. The molecule has 0 spiro atoms. The fourth-order valence-electron chi connectivity index (χ4n) is 2.33. The molecule has 0 bridgehead atoms. The number of thiophene rings is 1. The molecule has 1 fully saturated rings. The number of hydrogen-bond donors (Lipinski definition) is 2. The Morgan fingerprint density at radius 2 is 2.32 bits per heavy atom. The highest BCUT2D eigenvalue weighted by molar-refractivity contribution is 7.18. The molecular formula is C13H17N3O2S. The zero-order valence-corrected chi connectivity index (χ0v) is 11.9. The van der Waals surface area contributed by atoms with Gasteiger partial charge in [0.15, 0.2) is 0 Å². The molecule has 2 N–H and O–H groups in total. The van der Waals surface area contributed by atoms with Gasteiger partial charge >= 0.3 is 0 Å². The molecule has 0 saturated carbocycles. The van der Waals surface area contributed by atoms with E-state index in [-0.39, 0.29) is 11.7 Å². The van der Waals surface area contributed by atoms with E-state index < -0.39 is 0 Å². The van der Waals surface area contributed by atoms with E-state index in [0.29, 0.717) is 17.8 Å². The minimum absolute atomic E-state index is 0.0602. The van der Waals surface area contributed by atoms with Crippen molar-refractivity contribution in [2.24, 2.45) is 0 Å². The summed E-state index contributed by atoms with van der Waals surface area (Å²) in [5, 5.41) is 3.96. The molecule has 0 amide bonds. The Morgan fingerprint density at radius 1 is 1.47 bits per heavy atom. The first-order chi connectivity index (χ1) is 9.15. The number of nitrogens with one attached hydrogen (secondary N) is 2. The van der Waals surface area contributed by atoms with Crippen molar-refractivity contribution in [2.75, 3.05) is 13.1 Å². The van der Waals surface area contributed by atoms with Gasteiger partial charge in [-0.3, -0.25) is 4.79 Å². The van der Waals surface area contributed by atoms with Crippen LogP contribution in [0.15, 0.2) is 4.79 Å². The Kier molecular flexibility index (Phi) is 3.38. The zero-order valence-electron chi connectivity index (χ0n) is 11.1. The Hall–Kier alpha value is -1.24. The van der Waals surface area contributed by atoms with Gasteiger partial charge in [0.1, 0.15) is 17.3 Å². The highest BCUT2D eigenvalue weighted by atomic mass is 32.1. The average Bonchev–Trinajstić information content (AvgIpc) is 2.96. The number of fused-ring (bicyclic) bond motifs is 1. The van der Waals surface area contributed by atoms with Crippen molar-refractivity contribution in [2.45, 2.75) is 33.0 Å². The molecule has 0 aliphatic carbocycles. The van der Waals surface area contributed by atoms with Crippen LogP contribution in [-0.4, -0.2) is 29.2 Å². The van der Waals surface area contributed by atoms with Crippen LogP contribution in [0, 0.1) is 13.8 Å². The van der Waals surface area contributed by atoms with Gasteiger partial charge in [0, 0.05) is 11.4 Å². The zero-order chi connectivity index (χ0) is 13.4. The van der Waals surface area contributed by atoms with E-state index >= 15 is 0 Å². The van der Waals surface area contributed by atoms with Crippen molar-refractivity contribution in [1.82, 2.24) is 15.3 Å². The fourth-order valence-corrected chi connectivity index (χ4v) is 3.38. The van der Waals surface area contributed by atoms with E-state index in [4.69, 9.17) is 4.74 Å². The molecule has 3 heterocycles. The van der Waals surface area contributed by atoms with Crippen LogP contribution in [0.25, 0.3) is 10.2 Å². The van der Waals surface area contributed by atoms with Gasteiger partial charge in [0.25, 0.3) is 5.56 Å². The average molecular weight is 279 g/mol. The number of ether oxygens (including phenoxy) is 1. The quantitative estimate of drug-likeness (QED) is 0.893. The topological polar surface area (TPSA) is 67.0 Å². The molecule has 6 heteroatoms. The van der Waals surface area contributed by atoms with E-state index in [1.807, 2.05) is 13.8 Å². The highest BCUT2D eigenvalue weighted by Crippen LogP contribution is 2.25. The number of rotatable bonds is 3. The number of aromatic nitrogens is 2. The molecule has 2 aromatic rings.